The van der Waals surface area contributed by atoms with E-state index in [1.807, 2.05) is 6.07 Å². The Morgan fingerprint density at radius 1 is 1.24 bits per heavy atom. The molecule has 0 aliphatic rings. The number of halogens is 1. The van der Waals surface area contributed by atoms with Crippen LogP contribution in [-0.2, 0) is 6.42 Å². The fraction of sp³-hybridized carbons (Fsp3) is 0.357. The number of aryl methyl sites for hydroxylation is 2. The van der Waals surface area contributed by atoms with Crippen LogP contribution in [0.5, 0.6) is 0 Å². The van der Waals surface area contributed by atoms with Crippen molar-refractivity contribution in [1.82, 2.24) is 4.98 Å². The molecule has 1 aromatic carbocycles. The summed E-state index contributed by atoms with van der Waals surface area (Å²) < 4.78 is 0. The van der Waals surface area contributed by atoms with Gasteiger partial charge in [0.05, 0.1) is 10.7 Å². The molecule has 0 aliphatic carbocycles. The summed E-state index contributed by atoms with van der Waals surface area (Å²) in [4.78, 5) is 5.89. The van der Waals surface area contributed by atoms with Gasteiger partial charge in [-0.05, 0) is 19.4 Å². The van der Waals surface area contributed by atoms with E-state index >= 15 is 0 Å². The van der Waals surface area contributed by atoms with E-state index in [4.69, 9.17) is 11.6 Å². The molecule has 1 heterocycles. The molecule has 0 radical (unpaired) electrons. The van der Waals surface area contributed by atoms with E-state index in [2.05, 4.69) is 43.1 Å². The number of benzene rings is 1. The summed E-state index contributed by atoms with van der Waals surface area (Å²) in [5, 5.41) is 1.19. The summed E-state index contributed by atoms with van der Waals surface area (Å²) in [6.45, 7) is 4.18. The average Bonchev–Trinajstić information content (AvgIpc) is 2.67. The van der Waals surface area contributed by atoms with E-state index in [1.54, 1.807) is 11.3 Å². The smallest absolute Gasteiger partial charge is 0.0937 e. The van der Waals surface area contributed by atoms with Gasteiger partial charge in [-0.15, -0.1) is 22.9 Å². The molecule has 17 heavy (non-hydrogen) atoms. The molecule has 90 valence electrons. The lowest BCUT2D eigenvalue weighted by Crippen LogP contribution is -2.04. The summed E-state index contributed by atoms with van der Waals surface area (Å²) in [5.74, 6) is 1.00. The van der Waals surface area contributed by atoms with Crippen LogP contribution >= 0.6 is 22.9 Å². The van der Waals surface area contributed by atoms with Crippen LogP contribution in [0.1, 0.15) is 27.1 Å². The Balaban J connectivity index is 2.15. The zero-order valence-corrected chi connectivity index (χ0v) is 11.7. The molecule has 1 unspecified atom stereocenters. The third kappa shape index (κ3) is 3.08. The van der Waals surface area contributed by atoms with E-state index < -0.39 is 0 Å². The maximum Gasteiger partial charge on any atom is 0.0937 e. The molecule has 0 aliphatic heterocycles. The number of hydrogen-bond donors (Lipinski definition) is 0. The highest BCUT2D eigenvalue weighted by Crippen LogP contribution is 2.25. The minimum atomic E-state index is 0.364. The highest BCUT2D eigenvalue weighted by molar-refractivity contribution is 7.11. The largest absolute Gasteiger partial charge is 0.246 e. The van der Waals surface area contributed by atoms with Gasteiger partial charge in [-0.3, -0.25) is 0 Å². The van der Waals surface area contributed by atoms with Gasteiger partial charge in [-0.1, -0.05) is 30.3 Å². The maximum absolute atomic E-state index is 6.08. The molecular formula is C14H16ClNS. The summed E-state index contributed by atoms with van der Waals surface area (Å²) in [5.41, 5.74) is 2.44. The Labute approximate surface area is 111 Å². The van der Waals surface area contributed by atoms with Crippen LogP contribution in [0.2, 0.25) is 0 Å². The predicted octanol–water partition coefficient (Wildman–Crippen LogP) is 4.33. The second-order valence-electron chi connectivity index (χ2n) is 4.22. The average molecular weight is 266 g/mol. The molecule has 0 saturated heterocycles. The van der Waals surface area contributed by atoms with E-state index in [9.17, 15) is 0 Å². The number of nitrogens with zero attached hydrogens (tertiary/aromatic N) is 1. The van der Waals surface area contributed by atoms with Crippen LogP contribution in [0.25, 0.3) is 0 Å². The fourth-order valence-electron chi connectivity index (χ4n) is 1.82. The number of aromatic nitrogens is 1. The first-order valence-corrected chi connectivity index (χ1v) is 7.09. The highest BCUT2D eigenvalue weighted by Gasteiger charge is 2.14. The normalized spacial score (nSPS) is 12.6. The summed E-state index contributed by atoms with van der Waals surface area (Å²) in [6, 6.07) is 10.4. The lowest BCUT2D eigenvalue weighted by Gasteiger charge is -2.12. The molecule has 0 amide bonds. The van der Waals surface area contributed by atoms with Crippen molar-refractivity contribution in [3.63, 3.8) is 0 Å². The SMILES string of the molecule is Cc1nc(CC(CCl)c2ccccc2)sc1C. The van der Waals surface area contributed by atoms with Crippen LogP contribution in [0, 0.1) is 13.8 Å². The van der Waals surface area contributed by atoms with Crippen molar-refractivity contribution in [1.29, 1.82) is 0 Å². The molecule has 2 rings (SSSR count). The molecule has 2 aromatic rings. The predicted molar refractivity (Wildman–Crippen MR) is 75.2 cm³/mol. The zero-order valence-electron chi connectivity index (χ0n) is 10.1. The molecule has 1 aromatic heterocycles. The lowest BCUT2D eigenvalue weighted by molar-refractivity contribution is 0.759. The van der Waals surface area contributed by atoms with Crippen LogP contribution in [-0.4, -0.2) is 10.9 Å². The van der Waals surface area contributed by atoms with Crippen LogP contribution < -0.4 is 0 Å². The van der Waals surface area contributed by atoms with Gasteiger partial charge in [-0.2, -0.15) is 0 Å². The Kier molecular flexibility index (Phi) is 4.19. The van der Waals surface area contributed by atoms with Gasteiger partial charge in [0.15, 0.2) is 0 Å². The lowest BCUT2D eigenvalue weighted by atomic mass is 9.98. The molecule has 1 nitrogen and oxygen atoms in total. The third-order valence-corrected chi connectivity index (χ3v) is 4.42. The van der Waals surface area contributed by atoms with E-state index in [0.717, 1.165) is 12.1 Å². The summed E-state index contributed by atoms with van der Waals surface area (Å²) >= 11 is 7.86. The van der Waals surface area contributed by atoms with Gasteiger partial charge in [0.2, 0.25) is 0 Å². The topological polar surface area (TPSA) is 12.9 Å². The molecular weight excluding hydrogens is 250 g/mol. The maximum atomic E-state index is 6.08. The summed E-state index contributed by atoms with van der Waals surface area (Å²) in [6.07, 6.45) is 0.937. The second kappa shape index (κ2) is 5.65. The number of alkyl halides is 1. The number of hydrogen-bond acceptors (Lipinski definition) is 2. The quantitative estimate of drug-likeness (QED) is 0.750. The van der Waals surface area contributed by atoms with Gasteiger partial charge in [0, 0.05) is 23.1 Å². The van der Waals surface area contributed by atoms with Gasteiger partial charge in [-0.25, -0.2) is 4.98 Å². The molecule has 0 saturated carbocycles. The van der Waals surface area contributed by atoms with E-state index in [0.29, 0.717) is 11.8 Å². The molecule has 0 N–H and O–H groups in total. The summed E-state index contributed by atoms with van der Waals surface area (Å²) in [7, 11) is 0. The Bertz CT molecular complexity index is 459. The van der Waals surface area contributed by atoms with Crippen molar-refractivity contribution >= 4 is 22.9 Å². The van der Waals surface area contributed by atoms with Gasteiger partial charge in [0.25, 0.3) is 0 Å². The van der Waals surface area contributed by atoms with Crippen molar-refractivity contribution in [2.24, 2.45) is 0 Å². The fourth-order valence-corrected chi connectivity index (χ4v) is 3.13. The van der Waals surface area contributed by atoms with Gasteiger partial charge < -0.3 is 0 Å². The Hall–Kier alpha value is -0.860. The van der Waals surface area contributed by atoms with Crippen LogP contribution in [0.15, 0.2) is 30.3 Å². The first kappa shape index (κ1) is 12.6. The number of thiazole rings is 1. The molecule has 0 fully saturated rings. The monoisotopic (exact) mass is 265 g/mol. The van der Waals surface area contributed by atoms with Crippen molar-refractivity contribution in [3.05, 3.63) is 51.5 Å². The first-order valence-electron chi connectivity index (χ1n) is 5.74. The minimum Gasteiger partial charge on any atom is -0.246 e. The first-order chi connectivity index (χ1) is 8.20. The third-order valence-electron chi connectivity index (χ3n) is 2.95. The van der Waals surface area contributed by atoms with Crippen molar-refractivity contribution in [3.8, 4) is 0 Å². The van der Waals surface area contributed by atoms with E-state index in [1.165, 1.54) is 15.4 Å². The second-order valence-corrected chi connectivity index (χ2v) is 5.81. The highest BCUT2D eigenvalue weighted by atomic mass is 35.5. The van der Waals surface area contributed by atoms with Crippen LogP contribution in [0.3, 0.4) is 0 Å². The molecule has 3 heteroatoms. The standard InChI is InChI=1S/C14H16ClNS/c1-10-11(2)17-14(16-10)8-13(9-15)12-6-4-3-5-7-12/h3-7,13H,8-9H2,1-2H3. The van der Waals surface area contributed by atoms with Gasteiger partial charge in [0.1, 0.15) is 0 Å². The minimum absolute atomic E-state index is 0.364. The van der Waals surface area contributed by atoms with Crippen molar-refractivity contribution in [2.45, 2.75) is 26.2 Å². The van der Waals surface area contributed by atoms with Crippen molar-refractivity contribution < 1.29 is 0 Å². The number of rotatable bonds is 4. The van der Waals surface area contributed by atoms with E-state index in [-0.39, 0.29) is 0 Å². The Morgan fingerprint density at radius 3 is 2.47 bits per heavy atom. The van der Waals surface area contributed by atoms with Crippen LogP contribution in [0.4, 0.5) is 0 Å². The molecule has 1 atom stereocenters. The zero-order chi connectivity index (χ0) is 12.3. The molecule has 0 bridgehead atoms. The van der Waals surface area contributed by atoms with Crippen molar-refractivity contribution in [2.75, 3.05) is 5.88 Å². The Morgan fingerprint density at radius 2 is 1.94 bits per heavy atom. The van der Waals surface area contributed by atoms with Gasteiger partial charge >= 0.3 is 0 Å². The molecule has 0 spiro atoms.